The summed E-state index contributed by atoms with van der Waals surface area (Å²) >= 11 is 5.81. The maximum absolute atomic E-state index is 13.5. The molecule has 0 atom stereocenters. The molecule has 4 nitrogen and oxygen atoms in total. The van der Waals surface area contributed by atoms with Gasteiger partial charge in [-0.1, -0.05) is 11.6 Å². The molecule has 1 aromatic carbocycles. The molecule has 1 N–H and O–H groups in total. The lowest BCUT2D eigenvalue weighted by Crippen LogP contribution is -2.42. The summed E-state index contributed by atoms with van der Waals surface area (Å²) in [6, 6.07) is 4.27. The molecule has 1 saturated heterocycles. The first-order chi connectivity index (χ1) is 9.97. The Labute approximate surface area is 128 Å². The van der Waals surface area contributed by atoms with Crippen molar-refractivity contribution in [2.24, 2.45) is 5.92 Å². The van der Waals surface area contributed by atoms with Crippen molar-refractivity contribution in [2.45, 2.75) is 26.3 Å². The van der Waals surface area contributed by atoms with Gasteiger partial charge in [0.1, 0.15) is 5.82 Å². The van der Waals surface area contributed by atoms with Gasteiger partial charge in [0.15, 0.2) is 0 Å². The fourth-order valence-electron chi connectivity index (χ4n) is 2.46. The molecule has 0 aliphatic carbocycles. The number of amides is 2. The van der Waals surface area contributed by atoms with Crippen molar-refractivity contribution in [1.82, 2.24) is 10.2 Å². The molecule has 114 valence electrons. The zero-order valence-electron chi connectivity index (χ0n) is 11.9. The summed E-state index contributed by atoms with van der Waals surface area (Å²) in [4.78, 5) is 25.0. The van der Waals surface area contributed by atoms with Crippen molar-refractivity contribution in [1.29, 1.82) is 0 Å². The van der Waals surface area contributed by atoms with Gasteiger partial charge in [-0.15, -0.1) is 0 Å². The molecule has 2 amide bonds. The topological polar surface area (TPSA) is 49.4 Å². The first-order valence-electron chi connectivity index (χ1n) is 6.94. The first kappa shape index (κ1) is 15.8. The van der Waals surface area contributed by atoms with E-state index in [4.69, 9.17) is 11.6 Å². The maximum Gasteiger partial charge on any atom is 0.223 e. The number of likely N-dealkylation sites (tertiary alicyclic amines) is 1. The summed E-state index contributed by atoms with van der Waals surface area (Å²) in [5, 5.41) is 3.18. The average Bonchev–Trinajstić information content (AvgIpc) is 2.48. The number of nitrogens with one attached hydrogen (secondary N) is 1. The lowest BCUT2D eigenvalue weighted by Gasteiger charge is -2.30. The molecule has 0 saturated carbocycles. The Hall–Kier alpha value is -1.62. The molecular formula is C15H18ClFN2O2. The molecule has 1 aromatic rings. The molecule has 1 fully saturated rings. The average molecular weight is 313 g/mol. The Bertz CT molecular complexity index is 542. The van der Waals surface area contributed by atoms with Crippen molar-refractivity contribution in [3.05, 3.63) is 34.6 Å². The second kappa shape index (κ2) is 6.89. The summed E-state index contributed by atoms with van der Waals surface area (Å²) in [5.41, 5.74) is 0.372. The number of rotatable bonds is 3. The van der Waals surface area contributed by atoms with Crippen molar-refractivity contribution in [2.75, 3.05) is 13.1 Å². The molecule has 0 bridgehead atoms. The van der Waals surface area contributed by atoms with E-state index >= 15 is 0 Å². The Morgan fingerprint density at radius 3 is 2.67 bits per heavy atom. The van der Waals surface area contributed by atoms with Gasteiger partial charge < -0.3 is 10.2 Å². The van der Waals surface area contributed by atoms with Gasteiger partial charge in [0.25, 0.3) is 0 Å². The van der Waals surface area contributed by atoms with E-state index < -0.39 is 0 Å². The van der Waals surface area contributed by atoms with Crippen LogP contribution in [0.1, 0.15) is 25.3 Å². The highest BCUT2D eigenvalue weighted by Crippen LogP contribution is 2.18. The van der Waals surface area contributed by atoms with E-state index in [1.54, 1.807) is 4.90 Å². The molecule has 0 radical (unpaired) electrons. The third-order valence-corrected chi connectivity index (χ3v) is 4.01. The van der Waals surface area contributed by atoms with E-state index in [2.05, 4.69) is 5.32 Å². The standard InChI is InChI=1S/C15H18ClFN2O2/c1-10(20)19-6-4-11(5-7-19)15(21)18-9-12-8-13(16)2-3-14(12)17/h2-3,8,11H,4-7,9H2,1H3,(H,18,21). The first-order valence-corrected chi connectivity index (χ1v) is 7.32. The van der Waals surface area contributed by atoms with Crippen LogP contribution in [0.2, 0.25) is 5.02 Å². The molecular weight excluding hydrogens is 295 g/mol. The maximum atomic E-state index is 13.5. The number of carbonyl (C=O) groups is 2. The molecule has 1 aliphatic heterocycles. The largest absolute Gasteiger partial charge is 0.352 e. The van der Waals surface area contributed by atoms with E-state index in [1.807, 2.05) is 0 Å². The van der Waals surface area contributed by atoms with Crippen LogP contribution in [0, 0.1) is 11.7 Å². The van der Waals surface area contributed by atoms with E-state index in [0.29, 0.717) is 36.5 Å². The van der Waals surface area contributed by atoms with Gasteiger partial charge in [-0.3, -0.25) is 9.59 Å². The summed E-state index contributed by atoms with van der Waals surface area (Å²) in [6.45, 7) is 2.85. The predicted molar refractivity (Wildman–Crippen MR) is 78.2 cm³/mol. The minimum Gasteiger partial charge on any atom is -0.352 e. The second-order valence-electron chi connectivity index (χ2n) is 5.23. The summed E-state index contributed by atoms with van der Waals surface area (Å²) in [6.07, 6.45) is 1.28. The van der Waals surface area contributed by atoms with Crippen molar-refractivity contribution >= 4 is 23.4 Å². The Morgan fingerprint density at radius 1 is 1.38 bits per heavy atom. The van der Waals surface area contributed by atoms with Crippen molar-refractivity contribution < 1.29 is 14.0 Å². The molecule has 0 aromatic heterocycles. The Morgan fingerprint density at radius 2 is 2.05 bits per heavy atom. The number of piperidine rings is 1. The molecule has 21 heavy (non-hydrogen) atoms. The van der Waals surface area contributed by atoms with Crippen LogP contribution in [0.4, 0.5) is 4.39 Å². The Balaban J connectivity index is 1.85. The molecule has 0 unspecified atom stereocenters. The highest BCUT2D eigenvalue weighted by atomic mass is 35.5. The van der Waals surface area contributed by atoms with Gasteiger partial charge in [-0.25, -0.2) is 4.39 Å². The molecule has 6 heteroatoms. The summed E-state index contributed by atoms with van der Waals surface area (Å²) < 4.78 is 13.5. The van der Waals surface area contributed by atoms with Crippen LogP contribution >= 0.6 is 11.6 Å². The van der Waals surface area contributed by atoms with Gasteiger partial charge in [-0.2, -0.15) is 0 Å². The van der Waals surface area contributed by atoms with Crippen molar-refractivity contribution in [3.8, 4) is 0 Å². The molecule has 1 aliphatic rings. The Kier molecular flexibility index (Phi) is 5.17. The van der Waals surface area contributed by atoms with Gasteiger partial charge in [0.2, 0.25) is 11.8 Å². The van der Waals surface area contributed by atoms with Gasteiger partial charge >= 0.3 is 0 Å². The van der Waals surface area contributed by atoms with Gasteiger partial charge in [-0.05, 0) is 31.0 Å². The van der Waals surface area contributed by atoms with Crippen molar-refractivity contribution in [3.63, 3.8) is 0 Å². The number of carbonyl (C=O) groups excluding carboxylic acids is 2. The van der Waals surface area contributed by atoms with Crippen LogP contribution in [-0.2, 0) is 16.1 Å². The highest BCUT2D eigenvalue weighted by Gasteiger charge is 2.25. The van der Waals surface area contributed by atoms with E-state index in [0.717, 1.165) is 0 Å². The third kappa shape index (κ3) is 4.17. The normalized spacial score (nSPS) is 15.9. The van der Waals surface area contributed by atoms with Crippen LogP contribution in [-0.4, -0.2) is 29.8 Å². The molecule has 1 heterocycles. The quantitative estimate of drug-likeness (QED) is 0.931. The van der Waals surface area contributed by atoms with Crippen LogP contribution in [0.3, 0.4) is 0 Å². The van der Waals surface area contributed by atoms with Gasteiger partial charge in [0, 0.05) is 43.1 Å². The highest BCUT2D eigenvalue weighted by molar-refractivity contribution is 6.30. The van der Waals surface area contributed by atoms with E-state index in [-0.39, 0.29) is 30.1 Å². The number of hydrogen-bond acceptors (Lipinski definition) is 2. The minimum absolute atomic E-state index is 0.0369. The number of hydrogen-bond donors (Lipinski definition) is 1. The SMILES string of the molecule is CC(=O)N1CCC(C(=O)NCc2cc(Cl)ccc2F)CC1. The van der Waals surface area contributed by atoms with E-state index in [9.17, 15) is 14.0 Å². The summed E-state index contributed by atoms with van der Waals surface area (Å²) in [7, 11) is 0. The van der Waals surface area contributed by atoms with Crippen LogP contribution in [0.5, 0.6) is 0 Å². The van der Waals surface area contributed by atoms with Crippen LogP contribution in [0.15, 0.2) is 18.2 Å². The minimum atomic E-state index is -0.383. The number of nitrogens with zero attached hydrogens (tertiary/aromatic N) is 1. The lowest BCUT2D eigenvalue weighted by molar-refractivity contribution is -0.134. The zero-order chi connectivity index (χ0) is 15.4. The number of benzene rings is 1. The fraction of sp³-hybridized carbons (Fsp3) is 0.467. The molecule has 2 rings (SSSR count). The van der Waals surface area contributed by atoms with E-state index in [1.165, 1.54) is 25.1 Å². The predicted octanol–water partition coefficient (Wildman–Crippen LogP) is 2.35. The monoisotopic (exact) mass is 312 g/mol. The van der Waals surface area contributed by atoms with Crippen LogP contribution < -0.4 is 5.32 Å². The smallest absolute Gasteiger partial charge is 0.223 e. The van der Waals surface area contributed by atoms with Crippen LogP contribution in [0.25, 0.3) is 0 Å². The number of halogens is 2. The second-order valence-corrected chi connectivity index (χ2v) is 5.67. The summed E-state index contributed by atoms with van der Waals surface area (Å²) in [5.74, 6) is -0.568. The fourth-order valence-corrected chi connectivity index (χ4v) is 2.66. The zero-order valence-corrected chi connectivity index (χ0v) is 12.6. The molecule has 0 spiro atoms. The third-order valence-electron chi connectivity index (χ3n) is 3.77. The van der Waals surface area contributed by atoms with Gasteiger partial charge in [0.05, 0.1) is 0 Å². The lowest BCUT2D eigenvalue weighted by atomic mass is 9.96.